The molecule has 0 atom stereocenters. The van der Waals surface area contributed by atoms with Gasteiger partial charge >= 0.3 is 0 Å². The Morgan fingerprint density at radius 2 is 1.76 bits per heavy atom. The van der Waals surface area contributed by atoms with Crippen molar-refractivity contribution in [3.8, 4) is 16.3 Å². The van der Waals surface area contributed by atoms with Crippen molar-refractivity contribution in [2.75, 3.05) is 5.32 Å². The van der Waals surface area contributed by atoms with Crippen LogP contribution in [-0.4, -0.2) is 31.0 Å². The van der Waals surface area contributed by atoms with Crippen LogP contribution < -0.4 is 5.32 Å². The Morgan fingerprint density at radius 1 is 0.970 bits per heavy atom. The maximum atomic E-state index is 13.2. The number of carbonyl (C=O) groups excluding carboxylic acids is 2. The highest BCUT2D eigenvalue weighted by atomic mass is 32.1. The number of rotatable bonds is 6. The van der Waals surface area contributed by atoms with Gasteiger partial charge in [0.05, 0.1) is 16.1 Å². The minimum Gasteiger partial charge on any atom is -0.331 e. The third-order valence-electron chi connectivity index (χ3n) is 5.16. The SMILES string of the molecule is Cn1ccnc1C(=O)c1ccc(NC(=O)c2cn(-c3ccccc3)nc2-c2cccs2)cc1. The number of nitrogens with one attached hydrogen (secondary N) is 1. The van der Waals surface area contributed by atoms with E-state index in [4.69, 9.17) is 0 Å². The molecule has 3 aromatic heterocycles. The lowest BCUT2D eigenvalue weighted by molar-refractivity contribution is 0.102. The van der Waals surface area contributed by atoms with E-state index in [9.17, 15) is 9.59 Å². The topological polar surface area (TPSA) is 81.8 Å². The first-order valence-electron chi connectivity index (χ1n) is 10.2. The molecule has 8 heteroatoms. The first-order valence-corrected chi connectivity index (χ1v) is 11.1. The molecule has 0 aliphatic rings. The van der Waals surface area contributed by atoms with Crippen LogP contribution >= 0.6 is 11.3 Å². The molecule has 5 aromatic rings. The van der Waals surface area contributed by atoms with Crippen LogP contribution in [0.15, 0.2) is 90.7 Å². The number of ketones is 1. The van der Waals surface area contributed by atoms with Crippen molar-refractivity contribution in [3.63, 3.8) is 0 Å². The van der Waals surface area contributed by atoms with Crippen molar-refractivity contribution >= 4 is 28.7 Å². The fourth-order valence-corrected chi connectivity index (χ4v) is 4.19. The van der Waals surface area contributed by atoms with Gasteiger partial charge in [-0.05, 0) is 47.8 Å². The Labute approximate surface area is 194 Å². The van der Waals surface area contributed by atoms with Gasteiger partial charge in [0.1, 0.15) is 5.69 Å². The molecule has 0 fully saturated rings. The molecule has 1 amide bonds. The second-order valence-electron chi connectivity index (χ2n) is 7.37. The summed E-state index contributed by atoms with van der Waals surface area (Å²) in [6.07, 6.45) is 5.05. The molecule has 162 valence electrons. The van der Waals surface area contributed by atoms with E-state index >= 15 is 0 Å². The number of thiophene rings is 1. The van der Waals surface area contributed by atoms with Crippen LogP contribution in [0.25, 0.3) is 16.3 Å². The maximum Gasteiger partial charge on any atom is 0.259 e. The van der Waals surface area contributed by atoms with Gasteiger partial charge < -0.3 is 9.88 Å². The quantitative estimate of drug-likeness (QED) is 0.374. The molecule has 33 heavy (non-hydrogen) atoms. The number of carbonyl (C=O) groups is 2. The fourth-order valence-electron chi connectivity index (χ4n) is 3.47. The summed E-state index contributed by atoms with van der Waals surface area (Å²) in [5.41, 5.74) is 3.04. The van der Waals surface area contributed by atoms with Crippen molar-refractivity contribution < 1.29 is 9.59 Å². The average molecular weight is 454 g/mol. The van der Waals surface area contributed by atoms with E-state index in [1.165, 1.54) is 11.3 Å². The molecule has 0 unspecified atom stereocenters. The number of amides is 1. The van der Waals surface area contributed by atoms with Gasteiger partial charge in [-0.25, -0.2) is 9.67 Å². The van der Waals surface area contributed by atoms with Crippen molar-refractivity contribution in [1.82, 2.24) is 19.3 Å². The van der Waals surface area contributed by atoms with Gasteiger partial charge in [-0.3, -0.25) is 9.59 Å². The lowest BCUT2D eigenvalue weighted by Crippen LogP contribution is -2.13. The Morgan fingerprint density at radius 3 is 2.42 bits per heavy atom. The van der Waals surface area contributed by atoms with E-state index in [-0.39, 0.29) is 11.7 Å². The zero-order valence-electron chi connectivity index (χ0n) is 17.7. The van der Waals surface area contributed by atoms with Crippen molar-refractivity contribution in [3.05, 3.63) is 108 Å². The van der Waals surface area contributed by atoms with Gasteiger partial charge in [0.2, 0.25) is 5.78 Å². The highest BCUT2D eigenvalue weighted by molar-refractivity contribution is 7.13. The normalized spacial score (nSPS) is 10.8. The molecule has 0 saturated carbocycles. The highest BCUT2D eigenvalue weighted by Crippen LogP contribution is 2.28. The smallest absolute Gasteiger partial charge is 0.259 e. The summed E-state index contributed by atoms with van der Waals surface area (Å²) >= 11 is 1.53. The molecule has 0 saturated heterocycles. The zero-order chi connectivity index (χ0) is 22.8. The molecular formula is C25H19N5O2S. The highest BCUT2D eigenvalue weighted by Gasteiger charge is 2.20. The van der Waals surface area contributed by atoms with E-state index in [0.29, 0.717) is 28.3 Å². The number of nitrogens with zero attached hydrogens (tertiary/aromatic N) is 4. The molecule has 0 aliphatic heterocycles. The predicted molar refractivity (Wildman–Crippen MR) is 128 cm³/mol. The van der Waals surface area contributed by atoms with Crippen LogP contribution in [0.5, 0.6) is 0 Å². The number of aromatic nitrogens is 4. The molecule has 0 bridgehead atoms. The van der Waals surface area contributed by atoms with E-state index in [1.807, 2.05) is 47.8 Å². The Hall–Kier alpha value is -4.30. The van der Waals surface area contributed by atoms with Crippen LogP contribution in [0.1, 0.15) is 26.5 Å². The fraction of sp³-hybridized carbons (Fsp3) is 0.0400. The van der Waals surface area contributed by atoms with E-state index in [0.717, 1.165) is 10.6 Å². The number of hydrogen-bond acceptors (Lipinski definition) is 5. The summed E-state index contributed by atoms with van der Waals surface area (Å²) in [6, 6.07) is 20.3. The minimum absolute atomic E-state index is 0.176. The molecule has 5 rings (SSSR count). The number of anilines is 1. The van der Waals surface area contributed by atoms with Crippen LogP contribution in [0.3, 0.4) is 0 Å². The first kappa shape index (κ1) is 20.6. The lowest BCUT2D eigenvalue weighted by atomic mass is 10.1. The van der Waals surface area contributed by atoms with Gasteiger partial charge in [0, 0.05) is 36.9 Å². The summed E-state index contributed by atoms with van der Waals surface area (Å²) in [4.78, 5) is 30.8. The molecule has 0 radical (unpaired) electrons. The van der Waals surface area contributed by atoms with Crippen LogP contribution in [0, 0.1) is 0 Å². The largest absolute Gasteiger partial charge is 0.331 e. The van der Waals surface area contributed by atoms with E-state index < -0.39 is 0 Å². The van der Waals surface area contributed by atoms with Gasteiger partial charge in [-0.1, -0.05) is 24.3 Å². The summed E-state index contributed by atoms with van der Waals surface area (Å²) in [5.74, 6) is -0.0889. The van der Waals surface area contributed by atoms with Crippen LogP contribution in [0.4, 0.5) is 5.69 Å². The van der Waals surface area contributed by atoms with E-state index in [1.54, 1.807) is 59.2 Å². The van der Waals surface area contributed by atoms with Crippen LogP contribution in [-0.2, 0) is 7.05 Å². The molecule has 7 nitrogen and oxygen atoms in total. The third kappa shape index (κ3) is 4.11. The molecule has 0 aliphatic carbocycles. The van der Waals surface area contributed by atoms with Crippen LogP contribution in [0.2, 0.25) is 0 Å². The molecule has 2 aromatic carbocycles. The minimum atomic E-state index is -0.274. The van der Waals surface area contributed by atoms with E-state index in [2.05, 4.69) is 15.4 Å². The average Bonchev–Trinajstić information content (AvgIpc) is 3.60. The van der Waals surface area contributed by atoms with Gasteiger partial charge in [-0.2, -0.15) is 5.10 Å². The Bertz CT molecular complexity index is 1420. The number of para-hydroxylation sites is 1. The number of hydrogen-bond donors (Lipinski definition) is 1. The Kier molecular flexibility index (Phi) is 5.42. The summed E-state index contributed by atoms with van der Waals surface area (Å²) in [6.45, 7) is 0. The number of aryl methyl sites for hydroxylation is 1. The summed E-state index contributed by atoms with van der Waals surface area (Å²) in [5, 5.41) is 9.54. The van der Waals surface area contributed by atoms with Crippen molar-refractivity contribution in [1.29, 1.82) is 0 Å². The van der Waals surface area contributed by atoms with Crippen molar-refractivity contribution in [2.45, 2.75) is 0 Å². The summed E-state index contributed by atoms with van der Waals surface area (Å²) in [7, 11) is 1.77. The first-order chi connectivity index (χ1) is 16.1. The van der Waals surface area contributed by atoms with Gasteiger partial charge in [-0.15, -0.1) is 11.3 Å². The van der Waals surface area contributed by atoms with Gasteiger partial charge in [0.25, 0.3) is 5.91 Å². The Balaban J connectivity index is 1.41. The zero-order valence-corrected chi connectivity index (χ0v) is 18.5. The monoisotopic (exact) mass is 453 g/mol. The molecule has 3 heterocycles. The number of benzene rings is 2. The second kappa shape index (κ2) is 8.68. The number of imidazole rings is 1. The molecular weight excluding hydrogens is 434 g/mol. The predicted octanol–water partition coefficient (Wildman–Crippen LogP) is 4.82. The summed E-state index contributed by atoms with van der Waals surface area (Å²) < 4.78 is 3.38. The molecule has 1 N–H and O–H groups in total. The molecule has 0 spiro atoms. The van der Waals surface area contributed by atoms with Crippen molar-refractivity contribution in [2.24, 2.45) is 7.05 Å². The second-order valence-corrected chi connectivity index (χ2v) is 8.32. The third-order valence-corrected chi connectivity index (χ3v) is 6.04. The lowest BCUT2D eigenvalue weighted by Gasteiger charge is -2.06. The van der Waals surface area contributed by atoms with Gasteiger partial charge in [0.15, 0.2) is 5.82 Å². The standard InChI is InChI=1S/C25H19N5O2S/c1-29-14-13-26-24(29)23(31)17-9-11-18(12-10-17)27-25(32)20-16-30(19-6-3-2-4-7-19)28-22(20)21-8-5-15-33-21/h2-16H,1H3,(H,27,32). The maximum absolute atomic E-state index is 13.2.